The molecule has 2 aromatic rings. The van der Waals surface area contributed by atoms with Gasteiger partial charge in [0.1, 0.15) is 11.6 Å². The zero-order chi connectivity index (χ0) is 20.0. The van der Waals surface area contributed by atoms with E-state index in [0.29, 0.717) is 31.7 Å². The third-order valence-corrected chi connectivity index (χ3v) is 6.48. The van der Waals surface area contributed by atoms with Crippen LogP contribution in [0.15, 0.2) is 48.5 Å². The molecule has 0 aliphatic carbocycles. The van der Waals surface area contributed by atoms with E-state index in [4.69, 9.17) is 4.74 Å². The summed E-state index contributed by atoms with van der Waals surface area (Å²) in [5, 5.41) is 2.63. The Kier molecular flexibility index (Phi) is 6.64. The molecule has 150 valence electrons. The van der Waals surface area contributed by atoms with Crippen molar-refractivity contribution in [3.63, 3.8) is 0 Å². The van der Waals surface area contributed by atoms with Gasteiger partial charge in [-0.3, -0.25) is 4.79 Å². The quantitative estimate of drug-likeness (QED) is 0.682. The minimum Gasteiger partial charge on any atom is -0.484 e. The average molecular weight is 406 g/mol. The van der Waals surface area contributed by atoms with Crippen molar-refractivity contribution in [2.45, 2.75) is 19.4 Å². The van der Waals surface area contributed by atoms with Gasteiger partial charge in [0.25, 0.3) is 5.91 Å². The van der Waals surface area contributed by atoms with E-state index < -0.39 is 10.0 Å². The van der Waals surface area contributed by atoms with Gasteiger partial charge in [-0.15, -0.1) is 0 Å². The third kappa shape index (κ3) is 5.53. The number of amides is 1. The summed E-state index contributed by atoms with van der Waals surface area (Å²) >= 11 is 0. The molecule has 1 heterocycles. The number of fused-ring (bicyclic) bond motifs is 1. The van der Waals surface area contributed by atoms with Crippen molar-refractivity contribution in [3.05, 3.63) is 65.5 Å². The van der Waals surface area contributed by atoms with Crippen LogP contribution in [0.5, 0.6) is 5.75 Å². The van der Waals surface area contributed by atoms with Gasteiger partial charge in [0, 0.05) is 19.6 Å². The molecule has 0 unspecified atom stereocenters. The molecule has 0 aromatic heterocycles. The van der Waals surface area contributed by atoms with Crippen LogP contribution in [0.25, 0.3) is 0 Å². The zero-order valence-electron chi connectivity index (χ0n) is 15.4. The highest BCUT2D eigenvalue weighted by Crippen LogP contribution is 2.21. The Morgan fingerprint density at radius 2 is 1.82 bits per heavy atom. The lowest BCUT2D eigenvalue weighted by atomic mass is 10.0. The van der Waals surface area contributed by atoms with E-state index >= 15 is 0 Å². The predicted octanol–water partition coefficient (Wildman–Crippen LogP) is 2.10. The first-order valence-electron chi connectivity index (χ1n) is 9.14. The van der Waals surface area contributed by atoms with Crippen molar-refractivity contribution in [3.8, 4) is 5.75 Å². The molecule has 0 atom stereocenters. The van der Waals surface area contributed by atoms with Gasteiger partial charge in [0.15, 0.2) is 6.61 Å². The molecule has 0 saturated heterocycles. The summed E-state index contributed by atoms with van der Waals surface area (Å²) in [6.07, 6.45) is 1.04. The molecule has 3 rings (SSSR count). The highest BCUT2D eigenvalue weighted by Gasteiger charge is 2.25. The third-order valence-electron chi connectivity index (χ3n) is 4.57. The molecule has 6 nitrogen and oxygen atoms in total. The molecule has 1 N–H and O–H groups in total. The summed E-state index contributed by atoms with van der Waals surface area (Å²) in [6, 6.07) is 13.2. The normalized spacial score (nSPS) is 14.3. The molecule has 1 aliphatic heterocycles. The molecule has 0 radical (unpaired) electrons. The van der Waals surface area contributed by atoms with E-state index in [9.17, 15) is 17.6 Å². The van der Waals surface area contributed by atoms with Crippen LogP contribution in [-0.2, 0) is 27.8 Å². The number of carbonyl (C=O) groups excluding carboxylic acids is 1. The molecule has 0 bridgehead atoms. The van der Waals surface area contributed by atoms with E-state index in [2.05, 4.69) is 5.32 Å². The van der Waals surface area contributed by atoms with Gasteiger partial charge in [-0.1, -0.05) is 24.3 Å². The highest BCUT2D eigenvalue weighted by molar-refractivity contribution is 7.89. The van der Waals surface area contributed by atoms with Gasteiger partial charge in [0.05, 0.1) is 5.75 Å². The van der Waals surface area contributed by atoms with Gasteiger partial charge >= 0.3 is 0 Å². The highest BCUT2D eigenvalue weighted by atomic mass is 32.2. The van der Waals surface area contributed by atoms with E-state index in [-0.39, 0.29) is 30.6 Å². The van der Waals surface area contributed by atoms with Crippen LogP contribution >= 0.6 is 0 Å². The standard InChI is InChI=1S/C20H23FN2O4S/c21-18-6-8-19(9-7-18)27-15-20(24)22-11-3-13-28(25,26)23-12-10-16-4-1-2-5-17(16)14-23/h1-2,4-9H,3,10-15H2,(H,22,24). The van der Waals surface area contributed by atoms with Crippen molar-refractivity contribution in [1.82, 2.24) is 9.62 Å². The van der Waals surface area contributed by atoms with Gasteiger partial charge < -0.3 is 10.1 Å². The largest absolute Gasteiger partial charge is 0.484 e. The van der Waals surface area contributed by atoms with Crippen LogP contribution in [0.1, 0.15) is 17.5 Å². The van der Waals surface area contributed by atoms with E-state index in [1.54, 1.807) is 0 Å². The van der Waals surface area contributed by atoms with Crippen LogP contribution in [0.4, 0.5) is 4.39 Å². The van der Waals surface area contributed by atoms with Crippen LogP contribution < -0.4 is 10.1 Å². The fourth-order valence-corrected chi connectivity index (χ4v) is 4.52. The number of carbonyl (C=O) groups is 1. The van der Waals surface area contributed by atoms with Gasteiger partial charge in [-0.2, -0.15) is 4.31 Å². The molecule has 0 saturated carbocycles. The maximum absolute atomic E-state index is 12.8. The molecule has 8 heteroatoms. The summed E-state index contributed by atoms with van der Waals surface area (Å²) in [4.78, 5) is 11.8. The van der Waals surface area contributed by atoms with Crippen molar-refractivity contribution in [1.29, 1.82) is 0 Å². The maximum Gasteiger partial charge on any atom is 0.257 e. The van der Waals surface area contributed by atoms with Crippen molar-refractivity contribution >= 4 is 15.9 Å². The number of nitrogens with zero attached hydrogens (tertiary/aromatic N) is 1. The molecule has 0 fully saturated rings. The number of sulfonamides is 1. The Morgan fingerprint density at radius 3 is 2.57 bits per heavy atom. The number of hydrogen-bond donors (Lipinski definition) is 1. The van der Waals surface area contributed by atoms with E-state index in [1.807, 2.05) is 24.3 Å². The van der Waals surface area contributed by atoms with Crippen LogP contribution in [-0.4, -0.2) is 44.1 Å². The lowest BCUT2D eigenvalue weighted by molar-refractivity contribution is -0.123. The van der Waals surface area contributed by atoms with Crippen LogP contribution in [0.3, 0.4) is 0 Å². The number of benzene rings is 2. The van der Waals surface area contributed by atoms with Crippen molar-refractivity contribution < 1.29 is 22.3 Å². The van der Waals surface area contributed by atoms with Gasteiger partial charge in [-0.05, 0) is 48.2 Å². The SMILES string of the molecule is O=C(COc1ccc(F)cc1)NCCCS(=O)(=O)N1CCc2ccccc2C1. The minimum atomic E-state index is -3.37. The number of nitrogens with one attached hydrogen (secondary N) is 1. The number of ether oxygens (including phenoxy) is 1. The molecule has 0 spiro atoms. The number of hydrogen-bond acceptors (Lipinski definition) is 4. The topological polar surface area (TPSA) is 75.7 Å². The summed E-state index contributed by atoms with van der Waals surface area (Å²) in [5.74, 6) is -0.359. The lowest BCUT2D eigenvalue weighted by Crippen LogP contribution is -2.38. The molecule has 2 aromatic carbocycles. The summed E-state index contributed by atoms with van der Waals surface area (Å²) in [6.45, 7) is 0.921. The monoisotopic (exact) mass is 406 g/mol. The first kappa shape index (κ1) is 20.3. The molecule has 28 heavy (non-hydrogen) atoms. The van der Waals surface area contributed by atoms with Crippen LogP contribution in [0, 0.1) is 5.82 Å². The minimum absolute atomic E-state index is 0.0196. The van der Waals surface area contributed by atoms with E-state index in [1.165, 1.54) is 34.1 Å². The Hall–Kier alpha value is -2.45. The first-order valence-corrected chi connectivity index (χ1v) is 10.7. The predicted molar refractivity (Wildman–Crippen MR) is 104 cm³/mol. The molecule has 1 aliphatic rings. The smallest absolute Gasteiger partial charge is 0.257 e. The molecule has 1 amide bonds. The summed E-state index contributed by atoms with van der Waals surface area (Å²) in [7, 11) is -3.37. The number of halogens is 1. The lowest BCUT2D eigenvalue weighted by Gasteiger charge is -2.28. The fraction of sp³-hybridized carbons (Fsp3) is 0.350. The maximum atomic E-state index is 12.8. The Balaban J connectivity index is 1.38. The van der Waals surface area contributed by atoms with Gasteiger partial charge in [-0.25, -0.2) is 12.8 Å². The molecular weight excluding hydrogens is 383 g/mol. The van der Waals surface area contributed by atoms with E-state index in [0.717, 1.165) is 5.56 Å². The second-order valence-electron chi connectivity index (χ2n) is 6.61. The molecular formula is C20H23FN2O4S. The first-order chi connectivity index (χ1) is 13.4. The zero-order valence-corrected chi connectivity index (χ0v) is 16.3. The second-order valence-corrected chi connectivity index (χ2v) is 8.70. The van der Waals surface area contributed by atoms with Crippen molar-refractivity contribution in [2.75, 3.05) is 25.4 Å². The Labute approximate surface area is 164 Å². The Bertz CT molecular complexity index is 916. The Morgan fingerprint density at radius 1 is 1.11 bits per heavy atom. The van der Waals surface area contributed by atoms with Crippen LogP contribution in [0.2, 0.25) is 0 Å². The van der Waals surface area contributed by atoms with Crippen molar-refractivity contribution in [2.24, 2.45) is 0 Å². The second kappa shape index (κ2) is 9.16. The number of rotatable bonds is 8. The summed E-state index contributed by atoms with van der Waals surface area (Å²) < 4.78 is 44.6. The summed E-state index contributed by atoms with van der Waals surface area (Å²) in [5.41, 5.74) is 2.24. The fourth-order valence-electron chi connectivity index (χ4n) is 3.05. The average Bonchev–Trinajstić information content (AvgIpc) is 2.70. The van der Waals surface area contributed by atoms with Gasteiger partial charge in [0.2, 0.25) is 10.0 Å².